The summed E-state index contributed by atoms with van der Waals surface area (Å²) in [6.45, 7) is 3.49. The van der Waals surface area contributed by atoms with Crippen LogP contribution in [0.15, 0.2) is 36.5 Å². The molecule has 1 aromatic carbocycles. The van der Waals surface area contributed by atoms with Gasteiger partial charge in [-0.25, -0.2) is 0 Å². The number of carbonyl (C=O) groups is 1. The number of aryl methyl sites for hydroxylation is 2. The fourth-order valence-corrected chi connectivity index (χ4v) is 3.96. The van der Waals surface area contributed by atoms with Crippen LogP contribution in [0, 0.1) is 6.92 Å². The summed E-state index contributed by atoms with van der Waals surface area (Å²) in [5.41, 5.74) is 4.41. The summed E-state index contributed by atoms with van der Waals surface area (Å²) in [4.78, 5) is 14.7. The molecule has 1 aliphatic heterocycles. The van der Waals surface area contributed by atoms with Gasteiger partial charge in [-0.2, -0.15) is 5.10 Å². The standard InChI is InChI=1S/C19H21N3O/c1-14-16(13-21(2)20-14)18(23)22-11-9-19(10-12-22)8-7-15-5-3-4-6-17(15)19/h3-8,13H,9-12H2,1-2H3. The van der Waals surface area contributed by atoms with Crippen molar-refractivity contribution in [2.24, 2.45) is 7.05 Å². The number of hydrogen-bond donors (Lipinski definition) is 0. The Bertz CT molecular complexity index is 795. The Hall–Kier alpha value is -2.36. The Morgan fingerprint density at radius 3 is 2.65 bits per heavy atom. The molecule has 1 amide bonds. The maximum absolute atomic E-state index is 12.7. The van der Waals surface area contributed by atoms with Crippen molar-refractivity contribution >= 4 is 12.0 Å². The van der Waals surface area contributed by atoms with Crippen LogP contribution < -0.4 is 0 Å². The molecule has 0 bridgehead atoms. The molecule has 4 rings (SSSR count). The molecule has 1 saturated heterocycles. The smallest absolute Gasteiger partial charge is 0.257 e. The highest BCUT2D eigenvalue weighted by Crippen LogP contribution is 2.43. The van der Waals surface area contributed by atoms with Crippen LogP contribution in [-0.4, -0.2) is 33.7 Å². The zero-order chi connectivity index (χ0) is 16.0. The monoisotopic (exact) mass is 307 g/mol. The van der Waals surface area contributed by atoms with Gasteiger partial charge in [-0.15, -0.1) is 0 Å². The molecule has 0 unspecified atom stereocenters. The number of benzene rings is 1. The number of rotatable bonds is 1. The lowest BCUT2D eigenvalue weighted by Crippen LogP contribution is -2.44. The first-order chi connectivity index (χ1) is 11.1. The zero-order valence-electron chi connectivity index (χ0n) is 13.6. The van der Waals surface area contributed by atoms with Gasteiger partial charge in [0, 0.05) is 31.7 Å². The van der Waals surface area contributed by atoms with Crippen LogP contribution in [-0.2, 0) is 12.5 Å². The van der Waals surface area contributed by atoms with Crippen molar-refractivity contribution in [3.05, 3.63) is 58.9 Å². The Morgan fingerprint density at radius 2 is 1.96 bits per heavy atom. The third-order valence-corrected chi connectivity index (χ3v) is 5.27. The molecule has 2 heterocycles. The van der Waals surface area contributed by atoms with E-state index in [9.17, 15) is 4.79 Å². The first-order valence-corrected chi connectivity index (χ1v) is 8.17. The van der Waals surface area contributed by atoms with Crippen molar-refractivity contribution in [1.82, 2.24) is 14.7 Å². The molecule has 0 N–H and O–H groups in total. The molecular formula is C19H21N3O. The van der Waals surface area contributed by atoms with Crippen molar-refractivity contribution in [2.75, 3.05) is 13.1 Å². The SMILES string of the molecule is Cc1nn(C)cc1C(=O)N1CCC2(C=Cc3ccccc32)CC1. The van der Waals surface area contributed by atoms with Crippen LogP contribution in [0.25, 0.3) is 6.08 Å². The number of aromatic nitrogens is 2. The van der Waals surface area contributed by atoms with Crippen LogP contribution in [0.5, 0.6) is 0 Å². The fraction of sp³-hybridized carbons (Fsp3) is 0.368. The predicted molar refractivity (Wildman–Crippen MR) is 90.2 cm³/mol. The molecule has 1 aromatic heterocycles. The first-order valence-electron chi connectivity index (χ1n) is 8.17. The van der Waals surface area contributed by atoms with Crippen molar-refractivity contribution in [3.8, 4) is 0 Å². The third kappa shape index (κ3) is 2.21. The van der Waals surface area contributed by atoms with E-state index in [-0.39, 0.29) is 11.3 Å². The number of piperidine rings is 1. The van der Waals surface area contributed by atoms with Gasteiger partial charge >= 0.3 is 0 Å². The Morgan fingerprint density at radius 1 is 1.22 bits per heavy atom. The van der Waals surface area contributed by atoms with Gasteiger partial charge in [0.15, 0.2) is 0 Å². The largest absolute Gasteiger partial charge is 0.338 e. The van der Waals surface area contributed by atoms with E-state index >= 15 is 0 Å². The summed E-state index contributed by atoms with van der Waals surface area (Å²) in [5.74, 6) is 0.112. The van der Waals surface area contributed by atoms with Crippen LogP contribution >= 0.6 is 0 Å². The quantitative estimate of drug-likeness (QED) is 0.812. The first kappa shape index (κ1) is 14.2. The van der Waals surface area contributed by atoms with E-state index in [2.05, 4.69) is 41.5 Å². The second-order valence-electron chi connectivity index (χ2n) is 6.67. The molecule has 2 aliphatic rings. The Labute approximate surface area is 136 Å². The summed E-state index contributed by atoms with van der Waals surface area (Å²) >= 11 is 0. The van der Waals surface area contributed by atoms with Gasteiger partial charge in [-0.05, 0) is 30.9 Å². The molecule has 118 valence electrons. The lowest BCUT2D eigenvalue weighted by molar-refractivity contribution is 0.0689. The van der Waals surface area contributed by atoms with Gasteiger partial charge in [0.1, 0.15) is 0 Å². The normalized spacial score (nSPS) is 18.4. The Balaban J connectivity index is 1.53. The van der Waals surface area contributed by atoms with E-state index in [4.69, 9.17) is 0 Å². The topological polar surface area (TPSA) is 38.1 Å². The molecule has 0 atom stereocenters. The minimum Gasteiger partial charge on any atom is -0.338 e. The molecule has 0 radical (unpaired) electrons. The van der Waals surface area contributed by atoms with E-state index in [1.54, 1.807) is 4.68 Å². The van der Waals surface area contributed by atoms with E-state index in [1.807, 2.05) is 25.1 Å². The highest BCUT2D eigenvalue weighted by Gasteiger charge is 2.39. The number of amides is 1. The molecule has 1 aliphatic carbocycles. The minimum absolute atomic E-state index is 0.112. The van der Waals surface area contributed by atoms with Crippen LogP contribution in [0.4, 0.5) is 0 Å². The van der Waals surface area contributed by atoms with Gasteiger partial charge < -0.3 is 4.90 Å². The van der Waals surface area contributed by atoms with Gasteiger partial charge in [0.05, 0.1) is 11.3 Å². The summed E-state index contributed by atoms with van der Waals surface area (Å²) in [6, 6.07) is 8.62. The van der Waals surface area contributed by atoms with Crippen molar-refractivity contribution in [1.29, 1.82) is 0 Å². The molecular weight excluding hydrogens is 286 g/mol. The van der Waals surface area contributed by atoms with Crippen molar-refractivity contribution in [2.45, 2.75) is 25.2 Å². The van der Waals surface area contributed by atoms with E-state index in [1.165, 1.54) is 11.1 Å². The number of fused-ring (bicyclic) bond motifs is 2. The summed E-state index contributed by atoms with van der Waals surface area (Å²) in [7, 11) is 1.86. The maximum atomic E-state index is 12.7. The van der Waals surface area contributed by atoms with Gasteiger partial charge in [0.2, 0.25) is 0 Å². The molecule has 0 saturated carbocycles. The minimum atomic E-state index is 0.112. The van der Waals surface area contributed by atoms with Gasteiger partial charge in [0.25, 0.3) is 5.91 Å². The van der Waals surface area contributed by atoms with Crippen molar-refractivity contribution in [3.63, 3.8) is 0 Å². The zero-order valence-corrected chi connectivity index (χ0v) is 13.6. The summed E-state index contributed by atoms with van der Waals surface area (Å²) in [6.07, 6.45) is 8.39. The molecule has 4 heteroatoms. The highest BCUT2D eigenvalue weighted by molar-refractivity contribution is 5.95. The molecule has 1 fully saturated rings. The van der Waals surface area contributed by atoms with E-state index in [0.29, 0.717) is 0 Å². The lowest BCUT2D eigenvalue weighted by Gasteiger charge is -2.39. The average Bonchev–Trinajstić information content (AvgIpc) is 3.09. The van der Waals surface area contributed by atoms with Gasteiger partial charge in [-0.1, -0.05) is 36.4 Å². The number of nitrogens with zero attached hydrogens (tertiary/aromatic N) is 3. The fourth-order valence-electron chi connectivity index (χ4n) is 3.96. The Kier molecular flexibility index (Phi) is 3.15. The lowest BCUT2D eigenvalue weighted by atomic mass is 9.74. The van der Waals surface area contributed by atoms with E-state index in [0.717, 1.165) is 37.2 Å². The molecule has 1 spiro atoms. The van der Waals surface area contributed by atoms with Crippen LogP contribution in [0.2, 0.25) is 0 Å². The molecule has 23 heavy (non-hydrogen) atoms. The second-order valence-corrected chi connectivity index (χ2v) is 6.67. The van der Waals surface area contributed by atoms with Crippen molar-refractivity contribution < 1.29 is 4.79 Å². The summed E-state index contributed by atoms with van der Waals surface area (Å²) < 4.78 is 1.71. The average molecular weight is 307 g/mol. The number of allylic oxidation sites excluding steroid dienone is 1. The number of likely N-dealkylation sites (tertiary alicyclic amines) is 1. The van der Waals surface area contributed by atoms with E-state index < -0.39 is 0 Å². The third-order valence-electron chi connectivity index (χ3n) is 5.27. The number of hydrogen-bond acceptors (Lipinski definition) is 2. The highest BCUT2D eigenvalue weighted by atomic mass is 16.2. The van der Waals surface area contributed by atoms with Gasteiger partial charge in [-0.3, -0.25) is 9.48 Å². The number of carbonyl (C=O) groups excluding carboxylic acids is 1. The van der Waals surface area contributed by atoms with Crippen LogP contribution in [0.1, 0.15) is 40.0 Å². The molecule has 4 nitrogen and oxygen atoms in total. The second kappa shape index (κ2) is 5.08. The predicted octanol–water partition coefficient (Wildman–Crippen LogP) is 2.93. The molecule has 2 aromatic rings. The maximum Gasteiger partial charge on any atom is 0.257 e. The summed E-state index contributed by atoms with van der Waals surface area (Å²) in [5, 5.41) is 4.29. The van der Waals surface area contributed by atoms with Crippen LogP contribution in [0.3, 0.4) is 0 Å².